The van der Waals surface area contributed by atoms with Gasteiger partial charge in [0.05, 0.1) is 24.7 Å². The molecule has 11 heteroatoms. The number of rotatable bonds is 4. The molecule has 4 heterocycles. The van der Waals surface area contributed by atoms with E-state index in [9.17, 15) is 9.59 Å². The van der Waals surface area contributed by atoms with Crippen molar-refractivity contribution < 1.29 is 23.8 Å². The van der Waals surface area contributed by atoms with Gasteiger partial charge in [-0.3, -0.25) is 4.79 Å². The van der Waals surface area contributed by atoms with Gasteiger partial charge in [-0.1, -0.05) is 0 Å². The van der Waals surface area contributed by atoms with Crippen LogP contribution in [-0.2, 0) is 11.3 Å². The number of ether oxygens (including phenoxy) is 3. The van der Waals surface area contributed by atoms with Gasteiger partial charge >= 0.3 is 6.09 Å². The molecule has 0 bridgehead atoms. The first kappa shape index (κ1) is 27.4. The summed E-state index contributed by atoms with van der Waals surface area (Å²) in [5.41, 5.74) is 3.73. The molecule has 1 aliphatic heterocycles. The van der Waals surface area contributed by atoms with Gasteiger partial charge < -0.3 is 19.1 Å². The smallest absolute Gasteiger partial charge is 0.435 e. The first-order valence-electron chi connectivity index (χ1n) is 12.8. The highest BCUT2D eigenvalue weighted by molar-refractivity contribution is 7.08. The molecule has 1 aliphatic rings. The van der Waals surface area contributed by atoms with Crippen molar-refractivity contribution in [3.8, 4) is 39.6 Å². The SMILES string of the molecule is COc1cc2c(cc1-c1cnn(C(=O)OC(C)(C)C)c1)-c1c(c(C(=O)N(C)C(C)(C)C)nn1-c1ccsc1)CO2. The lowest BCUT2D eigenvalue weighted by molar-refractivity contribution is 0.0514. The number of thiophene rings is 1. The maximum absolute atomic E-state index is 13.6. The lowest BCUT2D eigenvalue weighted by Crippen LogP contribution is -2.43. The minimum atomic E-state index is -0.656. The Bertz CT molecular complexity index is 1590. The molecule has 3 aromatic heterocycles. The fourth-order valence-corrected chi connectivity index (χ4v) is 4.96. The highest BCUT2D eigenvalue weighted by Gasteiger charge is 2.35. The van der Waals surface area contributed by atoms with Crippen molar-refractivity contribution in [3.05, 3.63) is 52.6 Å². The summed E-state index contributed by atoms with van der Waals surface area (Å²) in [6.45, 7) is 11.5. The van der Waals surface area contributed by atoms with Gasteiger partial charge in [0.25, 0.3) is 5.91 Å². The van der Waals surface area contributed by atoms with E-state index in [4.69, 9.17) is 19.3 Å². The average Bonchev–Trinajstić information content (AvgIpc) is 3.65. The van der Waals surface area contributed by atoms with E-state index in [1.54, 1.807) is 68.2 Å². The van der Waals surface area contributed by atoms with E-state index < -0.39 is 17.2 Å². The third-order valence-corrected chi connectivity index (χ3v) is 7.32. The van der Waals surface area contributed by atoms with Crippen molar-refractivity contribution in [2.24, 2.45) is 0 Å². The number of hydrogen-bond donors (Lipinski definition) is 0. The van der Waals surface area contributed by atoms with Crippen molar-refractivity contribution in [1.82, 2.24) is 24.5 Å². The van der Waals surface area contributed by atoms with Gasteiger partial charge in [0, 0.05) is 52.5 Å². The molecule has 0 aliphatic carbocycles. The van der Waals surface area contributed by atoms with Crippen LogP contribution in [0, 0.1) is 0 Å². The number of methoxy groups -OCH3 is 1. The standard InChI is InChI=1S/C29H33N5O5S/c1-28(2,3)32(7)26(35)24-21-15-38-23-12-22(37-8)19(17-13-30-33(14-17)27(36)39-29(4,5)6)11-20(23)25(21)34(31-24)18-9-10-40-16-18/h9-14,16H,15H2,1-8H3. The van der Waals surface area contributed by atoms with Gasteiger partial charge in [0.2, 0.25) is 0 Å². The van der Waals surface area contributed by atoms with Crippen LogP contribution >= 0.6 is 11.3 Å². The van der Waals surface area contributed by atoms with E-state index in [1.165, 1.54) is 0 Å². The number of nitrogens with zero attached hydrogens (tertiary/aromatic N) is 5. The predicted octanol–water partition coefficient (Wildman–Crippen LogP) is 6.02. The number of carbonyl (C=O) groups is 2. The van der Waals surface area contributed by atoms with Gasteiger partial charge in [-0.05, 0) is 59.1 Å². The average molecular weight is 564 g/mol. The number of fused-ring (bicyclic) bond motifs is 3. The van der Waals surface area contributed by atoms with E-state index in [0.717, 1.165) is 21.6 Å². The second-order valence-corrected chi connectivity index (χ2v) is 12.4. The van der Waals surface area contributed by atoms with Gasteiger partial charge in [-0.2, -0.15) is 26.2 Å². The Kier molecular flexibility index (Phi) is 6.73. The van der Waals surface area contributed by atoms with Gasteiger partial charge in [0.15, 0.2) is 5.69 Å². The van der Waals surface area contributed by atoms with Crippen LogP contribution in [-0.4, -0.2) is 61.8 Å². The highest BCUT2D eigenvalue weighted by Crippen LogP contribution is 2.46. The third-order valence-electron chi connectivity index (χ3n) is 6.65. The molecule has 210 valence electrons. The summed E-state index contributed by atoms with van der Waals surface area (Å²) >= 11 is 1.55. The maximum Gasteiger partial charge on any atom is 0.435 e. The van der Waals surface area contributed by atoms with Crippen molar-refractivity contribution in [2.75, 3.05) is 14.2 Å². The Morgan fingerprint density at radius 3 is 2.50 bits per heavy atom. The Morgan fingerprint density at radius 2 is 1.88 bits per heavy atom. The molecule has 1 amide bonds. The van der Waals surface area contributed by atoms with Gasteiger partial charge in [-0.15, -0.1) is 0 Å². The molecule has 0 atom stereocenters. The summed E-state index contributed by atoms with van der Waals surface area (Å²) in [4.78, 5) is 27.9. The molecule has 0 saturated heterocycles. The van der Waals surface area contributed by atoms with E-state index in [-0.39, 0.29) is 12.5 Å². The summed E-state index contributed by atoms with van der Waals surface area (Å²) in [5, 5.41) is 13.0. The third kappa shape index (κ3) is 4.97. The second-order valence-electron chi connectivity index (χ2n) is 11.6. The monoisotopic (exact) mass is 563 g/mol. The van der Waals surface area contributed by atoms with Crippen LogP contribution in [0.25, 0.3) is 28.1 Å². The summed E-state index contributed by atoms with van der Waals surface area (Å²) in [7, 11) is 3.35. The molecule has 0 spiro atoms. The minimum Gasteiger partial charge on any atom is -0.496 e. The number of benzene rings is 1. The molecule has 4 aromatic rings. The molecule has 0 fully saturated rings. The molecule has 0 saturated carbocycles. The fourth-order valence-electron chi connectivity index (χ4n) is 4.34. The van der Waals surface area contributed by atoms with E-state index >= 15 is 0 Å². The van der Waals surface area contributed by atoms with Crippen molar-refractivity contribution >= 4 is 23.3 Å². The summed E-state index contributed by atoms with van der Waals surface area (Å²) in [6.07, 6.45) is 2.61. The summed E-state index contributed by atoms with van der Waals surface area (Å²) in [6, 6.07) is 5.70. The van der Waals surface area contributed by atoms with Crippen molar-refractivity contribution in [2.45, 2.75) is 59.3 Å². The summed E-state index contributed by atoms with van der Waals surface area (Å²) in [5.74, 6) is 0.973. The lowest BCUT2D eigenvalue weighted by atomic mass is 9.96. The topological polar surface area (TPSA) is 101 Å². The second kappa shape index (κ2) is 9.81. The van der Waals surface area contributed by atoms with Crippen LogP contribution in [0.1, 0.15) is 57.6 Å². The zero-order chi connectivity index (χ0) is 29.0. The Hall–Kier alpha value is -4.12. The zero-order valence-corrected chi connectivity index (χ0v) is 24.8. The van der Waals surface area contributed by atoms with E-state index in [2.05, 4.69) is 5.10 Å². The largest absolute Gasteiger partial charge is 0.496 e. The van der Waals surface area contributed by atoms with Gasteiger partial charge in [0.1, 0.15) is 23.7 Å². The molecular formula is C29H33N5O5S. The molecule has 40 heavy (non-hydrogen) atoms. The quantitative estimate of drug-likeness (QED) is 0.299. The van der Waals surface area contributed by atoms with Crippen molar-refractivity contribution in [3.63, 3.8) is 0 Å². The fraction of sp³-hybridized carbons (Fsp3) is 0.379. The van der Waals surface area contributed by atoms with Gasteiger partial charge in [-0.25, -0.2) is 9.48 Å². The number of hydrogen-bond acceptors (Lipinski definition) is 8. The maximum atomic E-state index is 13.6. The number of amides is 1. The molecular weight excluding hydrogens is 530 g/mol. The van der Waals surface area contributed by atoms with E-state index in [1.807, 2.05) is 49.7 Å². The van der Waals surface area contributed by atoms with Crippen LogP contribution in [0.2, 0.25) is 0 Å². The minimum absolute atomic E-state index is 0.183. The summed E-state index contributed by atoms with van der Waals surface area (Å²) < 4.78 is 20.3. The van der Waals surface area contributed by atoms with Crippen molar-refractivity contribution in [1.29, 1.82) is 0 Å². The Labute approximate surface area is 237 Å². The number of carbonyl (C=O) groups excluding carboxylic acids is 2. The molecule has 5 rings (SSSR count). The van der Waals surface area contributed by atoms with Crippen LogP contribution in [0.3, 0.4) is 0 Å². The van der Waals surface area contributed by atoms with Crippen LogP contribution in [0.4, 0.5) is 4.79 Å². The molecule has 0 N–H and O–H groups in total. The molecule has 10 nitrogen and oxygen atoms in total. The molecule has 0 radical (unpaired) electrons. The first-order valence-corrected chi connectivity index (χ1v) is 13.8. The van der Waals surface area contributed by atoms with Crippen LogP contribution in [0.5, 0.6) is 11.5 Å². The number of aromatic nitrogens is 4. The van der Waals surface area contributed by atoms with E-state index in [0.29, 0.717) is 33.9 Å². The Balaban J connectivity index is 1.66. The Morgan fingerprint density at radius 1 is 1.12 bits per heavy atom. The first-order chi connectivity index (χ1) is 18.8. The normalized spacial score (nSPS) is 12.8. The van der Waals surface area contributed by atoms with Crippen LogP contribution < -0.4 is 9.47 Å². The highest BCUT2D eigenvalue weighted by atomic mass is 32.1. The molecule has 0 unspecified atom stereocenters. The van der Waals surface area contributed by atoms with Crippen LogP contribution in [0.15, 0.2) is 41.4 Å². The zero-order valence-electron chi connectivity index (χ0n) is 23.9. The lowest BCUT2D eigenvalue weighted by Gasteiger charge is -2.31. The molecule has 1 aromatic carbocycles. The predicted molar refractivity (Wildman–Crippen MR) is 152 cm³/mol.